The molecule has 0 radical (unpaired) electrons. The first-order valence-electron chi connectivity index (χ1n) is 9.88. The number of carbonyl (C=O) groups excluding carboxylic acids is 2. The molecule has 27 heavy (non-hydrogen) atoms. The van der Waals surface area contributed by atoms with Crippen LogP contribution in [-0.2, 0) is 11.3 Å². The van der Waals surface area contributed by atoms with Crippen molar-refractivity contribution in [3.05, 3.63) is 35.9 Å². The topological polar surface area (TPSA) is 87.5 Å². The molecule has 0 aliphatic carbocycles. The van der Waals surface area contributed by atoms with Crippen LogP contribution in [0.15, 0.2) is 30.3 Å². The van der Waals surface area contributed by atoms with Gasteiger partial charge in [-0.3, -0.25) is 4.79 Å². The predicted molar refractivity (Wildman–Crippen MR) is 109 cm³/mol. The molecule has 1 aromatic rings. The zero-order valence-corrected chi connectivity index (χ0v) is 16.5. The Bertz CT molecular complexity index is 628. The van der Waals surface area contributed by atoms with Crippen LogP contribution in [0.4, 0.5) is 4.79 Å². The van der Waals surface area contributed by atoms with E-state index in [1.807, 2.05) is 34.9 Å². The summed E-state index contributed by atoms with van der Waals surface area (Å²) in [5.41, 5.74) is 6.79. The van der Waals surface area contributed by atoms with Crippen LogP contribution in [0, 0.1) is 0 Å². The fraction of sp³-hybridized carbons (Fsp3) is 0.600. The maximum absolute atomic E-state index is 12.7. The summed E-state index contributed by atoms with van der Waals surface area (Å²) in [4.78, 5) is 26.1. The Kier molecular flexibility index (Phi) is 7.41. The second-order valence-corrected chi connectivity index (χ2v) is 8.58. The van der Waals surface area contributed by atoms with E-state index in [0.29, 0.717) is 31.3 Å². The Balaban J connectivity index is 1.41. The van der Waals surface area contributed by atoms with Crippen molar-refractivity contribution in [3.63, 3.8) is 0 Å². The van der Waals surface area contributed by atoms with Gasteiger partial charge in [-0.1, -0.05) is 36.8 Å². The first kappa shape index (κ1) is 20.0. The lowest BCUT2D eigenvalue weighted by molar-refractivity contribution is -0.132. The van der Waals surface area contributed by atoms with E-state index in [0.717, 1.165) is 37.0 Å². The number of nitrogens with zero attached hydrogens (tertiary/aromatic N) is 1. The third kappa shape index (κ3) is 5.62. The van der Waals surface area contributed by atoms with E-state index in [2.05, 4.69) is 22.8 Å². The zero-order valence-electron chi connectivity index (χ0n) is 15.7. The van der Waals surface area contributed by atoms with Crippen LogP contribution in [0.1, 0.15) is 37.7 Å². The number of benzene rings is 1. The van der Waals surface area contributed by atoms with Crippen molar-refractivity contribution in [2.24, 2.45) is 5.73 Å². The molecule has 148 valence electrons. The van der Waals surface area contributed by atoms with Gasteiger partial charge in [0.05, 0.1) is 12.1 Å². The summed E-state index contributed by atoms with van der Waals surface area (Å²) in [5.74, 6) is 1.19. The molecule has 3 rings (SSSR count). The van der Waals surface area contributed by atoms with Crippen molar-refractivity contribution in [2.45, 2.75) is 56.0 Å². The normalized spacial score (nSPS) is 23.6. The van der Waals surface area contributed by atoms with Gasteiger partial charge in [0, 0.05) is 30.5 Å². The van der Waals surface area contributed by atoms with Gasteiger partial charge in [0.1, 0.15) is 0 Å². The van der Waals surface area contributed by atoms with Crippen LogP contribution in [0.5, 0.6) is 0 Å². The summed E-state index contributed by atoms with van der Waals surface area (Å²) < 4.78 is 0. The molecule has 0 saturated carbocycles. The number of urea groups is 1. The van der Waals surface area contributed by atoms with Crippen molar-refractivity contribution in [1.29, 1.82) is 0 Å². The highest BCUT2D eigenvalue weighted by Gasteiger charge is 2.42. The summed E-state index contributed by atoms with van der Waals surface area (Å²) in [6.45, 7) is 1.96. The minimum Gasteiger partial charge on any atom is -0.338 e. The lowest BCUT2D eigenvalue weighted by Crippen LogP contribution is -2.36. The van der Waals surface area contributed by atoms with Crippen LogP contribution in [0.3, 0.4) is 0 Å². The van der Waals surface area contributed by atoms with E-state index in [4.69, 9.17) is 5.73 Å². The standard InChI is InChI=1S/C20H30N4O2S/c21-11-6-12-24(13-15-7-2-1-3-8-15)18(25)10-5-4-9-17-19-16(14-27-17)22-20(26)23-19/h1-3,7-8,16-17,19H,4-6,9-14,21H2,(H2,22,23,26)/t16-,17-,19-/m0/s1. The summed E-state index contributed by atoms with van der Waals surface area (Å²) in [5, 5.41) is 6.46. The molecule has 2 aliphatic heterocycles. The number of carbonyl (C=O) groups is 2. The average Bonchev–Trinajstić information content (AvgIpc) is 3.22. The molecule has 0 unspecified atom stereocenters. The van der Waals surface area contributed by atoms with E-state index in [1.54, 1.807) is 0 Å². The van der Waals surface area contributed by atoms with Gasteiger partial charge in [0.25, 0.3) is 0 Å². The Labute approximate surface area is 165 Å². The summed E-state index contributed by atoms with van der Waals surface area (Å²) in [6, 6.07) is 10.6. The molecule has 3 atom stereocenters. The molecule has 7 heteroatoms. The van der Waals surface area contributed by atoms with Gasteiger partial charge in [0.15, 0.2) is 0 Å². The molecular formula is C20H30N4O2S. The van der Waals surface area contributed by atoms with Crippen molar-refractivity contribution in [1.82, 2.24) is 15.5 Å². The minimum absolute atomic E-state index is 0.0399. The van der Waals surface area contributed by atoms with Gasteiger partial charge < -0.3 is 21.3 Å². The lowest BCUT2D eigenvalue weighted by Gasteiger charge is -2.23. The maximum atomic E-state index is 12.7. The second-order valence-electron chi connectivity index (χ2n) is 7.31. The molecule has 2 saturated heterocycles. The number of nitrogens with one attached hydrogen (secondary N) is 2. The first-order valence-corrected chi connectivity index (χ1v) is 10.9. The van der Waals surface area contributed by atoms with Crippen molar-refractivity contribution >= 4 is 23.7 Å². The highest BCUT2D eigenvalue weighted by Crippen LogP contribution is 2.33. The van der Waals surface area contributed by atoms with Gasteiger partial charge in [-0.05, 0) is 31.4 Å². The van der Waals surface area contributed by atoms with Gasteiger partial charge in [-0.2, -0.15) is 11.8 Å². The number of hydrogen-bond acceptors (Lipinski definition) is 4. The summed E-state index contributed by atoms with van der Waals surface area (Å²) >= 11 is 1.93. The maximum Gasteiger partial charge on any atom is 0.315 e. The molecule has 0 bridgehead atoms. The minimum atomic E-state index is -0.0399. The van der Waals surface area contributed by atoms with Gasteiger partial charge in [-0.15, -0.1) is 0 Å². The molecule has 2 heterocycles. The largest absolute Gasteiger partial charge is 0.338 e. The van der Waals surface area contributed by atoms with E-state index in [9.17, 15) is 9.59 Å². The highest BCUT2D eigenvalue weighted by atomic mass is 32.2. The number of nitrogens with two attached hydrogens (primary N) is 1. The molecule has 0 spiro atoms. The number of rotatable bonds is 10. The van der Waals surface area contributed by atoms with E-state index in [-0.39, 0.29) is 24.0 Å². The number of thioether (sulfide) groups is 1. The highest BCUT2D eigenvalue weighted by molar-refractivity contribution is 8.00. The van der Waals surface area contributed by atoms with Crippen LogP contribution >= 0.6 is 11.8 Å². The molecular weight excluding hydrogens is 360 g/mol. The summed E-state index contributed by atoms with van der Waals surface area (Å²) in [7, 11) is 0. The van der Waals surface area contributed by atoms with E-state index in [1.165, 1.54) is 0 Å². The van der Waals surface area contributed by atoms with Crippen LogP contribution < -0.4 is 16.4 Å². The molecule has 1 aromatic carbocycles. The molecule has 6 nitrogen and oxygen atoms in total. The summed E-state index contributed by atoms with van der Waals surface area (Å²) in [6.07, 6.45) is 4.35. The van der Waals surface area contributed by atoms with Crippen molar-refractivity contribution < 1.29 is 9.59 Å². The smallest absolute Gasteiger partial charge is 0.315 e. The molecule has 2 fully saturated rings. The Morgan fingerprint density at radius 3 is 2.78 bits per heavy atom. The average molecular weight is 391 g/mol. The number of hydrogen-bond donors (Lipinski definition) is 3. The SMILES string of the molecule is NCCCN(Cc1ccccc1)C(=O)CCCC[C@@H]1SC[C@@H]2NC(=O)N[C@@H]21. The van der Waals surface area contributed by atoms with E-state index < -0.39 is 0 Å². The lowest BCUT2D eigenvalue weighted by atomic mass is 10.0. The number of amides is 3. The van der Waals surface area contributed by atoms with Gasteiger partial charge >= 0.3 is 6.03 Å². The Hall–Kier alpha value is -1.73. The predicted octanol–water partition coefficient (Wildman–Crippen LogP) is 2.09. The fourth-order valence-electron chi connectivity index (χ4n) is 3.80. The molecule has 0 aromatic heterocycles. The van der Waals surface area contributed by atoms with Crippen LogP contribution in [0.2, 0.25) is 0 Å². The van der Waals surface area contributed by atoms with Crippen LogP contribution in [-0.4, -0.2) is 53.0 Å². The molecule has 3 amide bonds. The molecule has 4 N–H and O–H groups in total. The third-order valence-corrected chi connectivity index (χ3v) is 6.78. The fourth-order valence-corrected chi connectivity index (χ4v) is 5.34. The number of fused-ring (bicyclic) bond motifs is 1. The van der Waals surface area contributed by atoms with Gasteiger partial charge in [0.2, 0.25) is 5.91 Å². The van der Waals surface area contributed by atoms with Crippen molar-refractivity contribution in [3.8, 4) is 0 Å². The zero-order chi connectivity index (χ0) is 19.1. The second kappa shape index (κ2) is 9.99. The molecule has 2 aliphatic rings. The van der Waals surface area contributed by atoms with Crippen LogP contribution in [0.25, 0.3) is 0 Å². The quantitative estimate of drug-likeness (QED) is 0.422. The monoisotopic (exact) mass is 390 g/mol. The third-order valence-electron chi connectivity index (χ3n) is 5.27. The first-order chi connectivity index (χ1) is 13.2. The van der Waals surface area contributed by atoms with Gasteiger partial charge in [-0.25, -0.2) is 4.79 Å². The Morgan fingerprint density at radius 1 is 1.19 bits per heavy atom. The van der Waals surface area contributed by atoms with E-state index >= 15 is 0 Å². The Morgan fingerprint density at radius 2 is 2.00 bits per heavy atom. The van der Waals surface area contributed by atoms with Crippen molar-refractivity contribution in [2.75, 3.05) is 18.8 Å². The number of unbranched alkanes of at least 4 members (excludes halogenated alkanes) is 1.